The average Bonchev–Trinajstić information content (AvgIpc) is 3.07. The first-order valence-corrected chi connectivity index (χ1v) is 9.53. The van der Waals surface area contributed by atoms with Gasteiger partial charge in [0.1, 0.15) is 12.6 Å². The molecule has 1 N–H and O–H groups in total. The number of piperidine rings is 1. The van der Waals surface area contributed by atoms with Crippen molar-refractivity contribution in [1.82, 2.24) is 10.2 Å². The molecule has 1 atom stereocenters. The van der Waals surface area contributed by atoms with E-state index >= 15 is 0 Å². The second-order valence-corrected chi connectivity index (χ2v) is 6.65. The molecule has 0 bridgehead atoms. The third-order valence-corrected chi connectivity index (χ3v) is 4.75. The number of hydrogen-bond acceptors (Lipinski definition) is 6. The number of hydrogen-bond donors (Lipinski definition) is 1. The zero-order valence-electron chi connectivity index (χ0n) is 16.3. The Morgan fingerprint density at radius 1 is 1.23 bits per heavy atom. The highest BCUT2D eigenvalue weighted by atomic mass is 16.5. The Bertz CT molecular complexity index is 945. The molecule has 0 saturated carbocycles. The number of carbonyl (C=O) groups excluding carboxylic acids is 3. The Kier molecular flexibility index (Phi) is 7.40. The van der Waals surface area contributed by atoms with Gasteiger partial charge in [0.05, 0.1) is 19.8 Å². The highest BCUT2D eigenvalue weighted by Crippen LogP contribution is 2.29. The minimum absolute atomic E-state index is 0.203. The van der Waals surface area contributed by atoms with Crippen LogP contribution in [-0.2, 0) is 25.6 Å². The number of azide groups is 1. The van der Waals surface area contributed by atoms with Crippen LogP contribution >= 0.6 is 0 Å². The fourth-order valence-corrected chi connectivity index (χ4v) is 3.33. The third-order valence-electron chi connectivity index (χ3n) is 4.75. The molecule has 1 aromatic rings. The van der Waals surface area contributed by atoms with Crippen LogP contribution in [0.3, 0.4) is 0 Å². The summed E-state index contributed by atoms with van der Waals surface area (Å²) in [6.07, 6.45) is 0.542. The molecule has 10 heteroatoms. The fourth-order valence-electron chi connectivity index (χ4n) is 3.33. The van der Waals surface area contributed by atoms with E-state index in [1.807, 2.05) is 6.07 Å². The predicted molar refractivity (Wildman–Crippen MR) is 105 cm³/mol. The number of nitrogens with zero attached hydrogens (tertiary/aromatic N) is 4. The van der Waals surface area contributed by atoms with E-state index in [9.17, 15) is 14.4 Å². The van der Waals surface area contributed by atoms with Crippen LogP contribution in [-0.4, -0.2) is 61.6 Å². The summed E-state index contributed by atoms with van der Waals surface area (Å²) in [6.45, 7) is 1.84. The van der Waals surface area contributed by atoms with Gasteiger partial charge in [-0.25, -0.2) is 0 Å². The molecule has 2 aliphatic rings. The highest BCUT2D eigenvalue weighted by Gasteiger charge is 2.39. The lowest BCUT2D eigenvalue weighted by Crippen LogP contribution is -2.52. The topological polar surface area (TPSA) is 134 Å². The van der Waals surface area contributed by atoms with Gasteiger partial charge in [-0.15, -0.1) is 0 Å². The Labute approximate surface area is 173 Å². The Balaban J connectivity index is 1.54. The number of benzene rings is 1. The fraction of sp³-hybridized carbons (Fsp3) is 0.450. The van der Waals surface area contributed by atoms with Crippen molar-refractivity contribution in [2.45, 2.75) is 25.4 Å². The minimum atomic E-state index is -0.648. The number of amides is 3. The monoisotopic (exact) mass is 411 g/mol. The van der Waals surface area contributed by atoms with Crippen LogP contribution < -0.4 is 5.32 Å². The highest BCUT2D eigenvalue weighted by molar-refractivity contribution is 6.05. The Morgan fingerprint density at radius 2 is 2.07 bits per heavy atom. The van der Waals surface area contributed by atoms with E-state index in [2.05, 4.69) is 27.2 Å². The summed E-state index contributed by atoms with van der Waals surface area (Å²) in [5, 5.41) is 5.65. The first kappa shape index (κ1) is 21.3. The SMILES string of the molecule is [N-]=[N+]=NCCOCCOCC#Cc1cccc2c1CN(C1CCC(=O)NC1=O)C2=O. The number of carbonyl (C=O) groups is 3. The standard InChI is InChI=1S/C20H21N5O5/c21-24-22-8-10-30-12-11-29-9-2-4-14-3-1-5-15-16(14)13-25(20(15)28)17-6-7-18(26)23-19(17)27/h1,3,5,17H,6-13H2,(H,23,26,27). The summed E-state index contributed by atoms with van der Waals surface area (Å²) in [4.78, 5) is 40.4. The second-order valence-electron chi connectivity index (χ2n) is 6.65. The number of ether oxygens (including phenoxy) is 2. The molecule has 0 radical (unpaired) electrons. The van der Waals surface area contributed by atoms with Crippen molar-refractivity contribution in [3.8, 4) is 11.8 Å². The molecule has 2 aliphatic heterocycles. The van der Waals surface area contributed by atoms with Crippen molar-refractivity contribution < 1.29 is 23.9 Å². The van der Waals surface area contributed by atoms with Gasteiger partial charge in [0.25, 0.3) is 5.91 Å². The second kappa shape index (κ2) is 10.4. The van der Waals surface area contributed by atoms with Crippen LogP contribution in [0.2, 0.25) is 0 Å². The van der Waals surface area contributed by atoms with Gasteiger partial charge < -0.3 is 14.4 Å². The molecule has 2 heterocycles. The van der Waals surface area contributed by atoms with Crippen LogP contribution in [0.1, 0.15) is 34.3 Å². The number of rotatable bonds is 8. The summed E-state index contributed by atoms with van der Waals surface area (Å²) in [5.41, 5.74) is 10.2. The number of fused-ring (bicyclic) bond motifs is 1. The van der Waals surface area contributed by atoms with Crippen molar-refractivity contribution >= 4 is 17.7 Å². The van der Waals surface area contributed by atoms with E-state index in [0.717, 1.165) is 5.56 Å². The van der Waals surface area contributed by atoms with Crippen LogP contribution in [0.4, 0.5) is 0 Å². The van der Waals surface area contributed by atoms with Crippen molar-refractivity contribution in [3.05, 3.63) is 45.3 Å². The zero-order valence-corrected chi connectivity index (χ0v) is 16.3. The predicted octanol–water partition coefficient (Wildman–Crippen LogP) is 1.14. The lowest BCUT2D eigenvalue weighted by molar-refractivity contribution is -0.136. The molecule has 30 heavy (non-hydrogen) atoms. The molecular formula is C20H21N5O5. The molecule has 1 unspecified atom stereocenters. The molecule has 1 saturated heterocycles. The minimum Gasteiger partial charge on any atom is -0.379 e. The number of nitrogens with one attached hydrogen (secondary N) is 1. The van der Waals surface area contributed by atoms with Crippen molar-refractivity contribution in [2.24, 2.45) is 5.11 Å². The average molecular weight is 411 g/mol. The Morgan fingerprint density at radius 3 is 2.87 bits per heavy atom. The van der Waals surface area contributed by atoms with Crippen molar-refractivity contribution in [1.29, 1.82) is 0 Å². The summed E-state index contributed by atoms with van der Waals surface area (Å²) in [6, 6.07) is 4.66. The van der Waals surface area contributed by atoms with E-state index < -0.39 is 11.9 Å². The molecule has 1 aromatic carbocycles. The molecular weight excluding hydrogens is 390 g/mol. The van der Waals surface area contributed by atoms with Gasteiger partial charge in [-0.05, 0) is 29.6 Å². The van der Waals surface area contributed by atoms with E-state index in [4.69, 9.17) is 15.0 Å². The van der Waals surface area contributed by atoms with Gasteiger partial charge in [0, 0.05) is 35.5 Å². The van der Waals surface area contributed by atoms with Gasteiger partial charge in [0.2, 0.25) is 11.8 Å². The van der Waals surface area contributed by atoms with Gasteiger partial charge in [-0.1, -0.05) is 23.0 Å². The quantitative estimate of drug-likeness (QED) is 0.171. The lowest BCUT2D eigenvalue weighted by atomic mass is 10.0. The molecule has 10 nitrogen and oxygen atoms in total. The van der Waals surface area contributed by atoms with E-state index in [1.54, 1.807) is 12.1 Å². The first-order chi connectivity index (χ1) is 14.6. The summed E-state index contributed by atoms with van der Waals surface area (Å²) >= 11 is 0. The van der Waals surface area contributed by atoms with Gasteiger partial charge in [-0.3, -0.25) is 19.7 Å². The Hall–Kier alpha value is -3.38. The molecule has 0 aromatic heterocycles. The zero-order chi connectivity index (χ0) is 21.3. The molecule has 3 amide bonds. The molecule has 0 aliphatic carbocycles. The summed E-state index contributed by atoms with van der Waals surface area (Å²) in [5.74, 6) is 4.97. The van der Waals surface area contributed by atoms with Gasteiger partial charge >= 0.3 is 0 Å². The molecule has 1 fully saturated rings. The van der Waals surface area contributed by atoms with Crippen molar-refractivity contribution in [2.75, 3.05) is 33.0 Å². The van der Waals surface area contributed by atoms with Crippen LogP contribution in [0, 0.1) is 11.8 Å². The van der Waals surface area contributed by atoms with E-state index in [0.29, 0.717) is 37.4 Å². The summed E-state index contributed by atoms with van der Waals surface area (Å²) < 4.78 is 10.6. The molecule has 156 valence electrons. The maximum atomic E-state index is 12.8. The normalized spacial score (nSPS) is 17.7. The first-order valence-electron chi connectivity index (χ1n) is 9.53. The van der Waals surface area contributed by atoms with Gasteiger partial charge in [-0.2, -0.15) is 0 Å². The largest absolute Gasteiger partial charge is 0.379 e. The summed E-state index contributed by atoms with van der Waals surface area (Å²) in [7, 11) is 0. The van der Waals surface area contributed by atoms with Crippen LogP contribution in [0.25, 0.3) is 10.4 Å². The maximum absolute atomic E-state index is 12.8. The maximum Gasteiger partial charge on any atom is 0.255 e. The van der Waals surface area contributed by atoms with Gasteiger partial charge in [0.15, 0.2) is 0 Å². The van der Waals surface area contributed by atoms with E-state index in [-0.39, 0.29) is 37.9 Å². The van der Waals surface area contributed by atoms with Crippen LogP contribution in [0.15, 0.2) is 23.3 Å². The molecule has 3 rings (SSSR count). The van der Waals surface area contributed by atoms with Crippen LogP contribution in [0.5, 0.6) is 0 Å². The third kappa shape index (κ3) is 5.15. The van der Waals surface area contributed by atoms with E-state index in [1.165, 1.54) is 4.90 Å². The smallest absolute Gasteiger partial charge is 0.255 e. The number of imide groups is 1. The van der Waals surface area contributed by atoms with Crippen molar-refractivity contribution in [3.63, 3.8) is 0 Å². The lowest BCUT2D eigenvalue weighted by Gasteiger charge is -2.29. The molecule has 0 spiro atoms.